The van der Waals surface area contributed by atoms with Gasteiger partial charge in [0.15, 0.2) is 0 Å². The Hall–Kier alpha value is -0.260. The fraction of sp³-hybridized carbons (Fsp3) is 0.875. The summed E-state index contributed by atoms with van der Waals surface area (Å²) in [6.45, 7) is 3.42. The third-order valence-electron chi connectivity index (χ3n) is 2.74. The van der Waals surface area contributed by atoms with Crippen molar-refractivity contribution in [3.8, 4) is 0 Å². The molecular formula is C8H15N3OS. The zero-order chi connectivity index (χ0) is 9.59. The largest absolute Gasteiger partial charge is 0.329 e. The highest BCUT2D eigenvalue weighted by atomic mass is 32.2. The Morgan fingerprint density at radius 1 is 1.77 bits per heavy atom. The maximum Gasteiger partial charge on any atom is 0.231 e. The monoisotopic (exact) mass is 201 g/mol. The number of carbonyl (C=O) groups excluding carboxylic acids is 1. The molecule has 0 bridgehead atoms. The van der Waals surface area contributed by atoms with Crippen LogP contribution in [0.2, 0.25) is 0 Å². The molecule has 2 fully saturated rings. The molecule has 13 heavy (non-hydrogen) atoms. The minimum atomic E-state index is -0.161. The molecule has 5 heteroatoms. The van der Waals surface area contributed by atoms with Crippen LogP contribution < -0.4 is 11.5 Å². The number of rotatable bonds is 2. The average Bonchev–Trinajstić information content (AvgIpc) is 2.44. The van der Waals surface area contributed by atoms with E-state index in [1.165, 1.54) is 0 Å². The SMILES string of the molecule is CC1CN2C(=O)C(C(N)CN)[C@@H]2S1. The quantitative estimate of drug-likeness (QED) is 0.573. The number of hydrogen-bond acceptors (Lipinski definition) is 4. The standard InChI is InChI=1S/C8H15N3OS/c1-4-3-11-7(12)6(5(10)2-9)8(11)13-4/h4-6,8H,2-3,9-10H2,1H3/t4?,5?,6?,8-/m0/s1. The molecule has 0 aromatic heterocycles. The van der Waals surface area contributed by atoms with Crippen molar-refractivity contribution in [3.63, 3.8) is 0 Å². The van der Waals surface area contributed by atoms with Gasteiger partial charge < -0.3 is 16.4 Å². The summed E-state index contributed by atoms with van der Waals surface area (Å²) < 4.78 is 0. The Bertz CT molecular complexity index is 235. The van der Waals surface area contributed by atoms with E-state index in [1.807, 2.05) is 16.7 Å². The molecule has 4 nitrogen and oxygen atoms in total. The first kappa shape index (κ1) is 9.30. The van der Waals surface area contributed by atoms with Crippen molar-refractivity contribution in [1.82, 2.24) is 4.90 Å². The number of fused-ring (bicyclic) bond motifs is 1. The summed E-state index contributed by atoms with van der Waals surface area (Å²) in [5, 5.41) is 0.852. The molecule has 4 atom stereocenters. The van der Waals surface area contributed by atoms with E-state index >= 15 is 0 Å². The predicted molar refractivity (Wildman–Crippen MR) is 53.1 cm³/mol. The smallest absolute Gasteiger partial charge is 0.231 e. The van der Waals surface area contributed by atoms with E-state index in [2.05, 4.69) is 6.92 Å². The second-order valence-corrected chi connectivity index (χ2v) is 5.31. The molecule has 3 unspecified atom stereocenters. The maximum atomic E-state index is 11.6. The van der Waals surface area contributed by atoms with Crippen molar-refractivity contribution in [2.75, 3.05) is 13.1 Å². The summed E-state index contributed by atoms with van der Waals surface area (Å²) in [6, 6.07) is -0.161. The lowest BCUT2D eigenvalue weighted by Crippen LogP contribution is -2.63. The van der Waals surface area contributed by atoms with Gasteiger partial charge in [-0.05, 0) is 0 Å². The first-order valence-corrected chi connectivity index (χ1v) is 5.51. The van der Waals surface area contributed by atoms with Crippen LogP contribution in [0.3, 0.4) is 0 Å². The van der Waals surface area contributed by atoms with E-state index in [0.29, 0.717) is 17.2 Å². The fourth-order valence-electron chi connectivity index (χ4n) is 2.00. The van der Waals surface area contributed by atoms with E-state index in [4.69, 9.17) is 11.5 Å². The molecule has 1 amide bonds. The van der Waals surface area contributed by atoms with Gasteiger partial charge in [0.05, 0.1) is 11.3 Å². The lowest BCUT2D eigenvalue weighted by Gasteiger charge is -2.44. The van der Waals surface area contributed by atoms with Gasteiger partial charge >= 0.3 is 0 Å². The molecule has 2 heterocycles. The summed E-state index contributed by atoms with van der Waals surface area (Å²) in [5.41, 5.74) is 11.2. The molecule has 0 saturated carbocycles. The van der Waals surface area contributed by atoms with Crippen molar-refractivity contribution in [2.24, 2.45) is 17.4 Å². The highest BCUT2D eigenvalue weighted by Crippen LogP contribution is 2.44. The molecule has 2 rings (SSSR count). The van der Waals surface area contributed by atoms with Crippen molar-refractivity contribution in [3.05, 3.63) is 0 Å². The highest BCUT2D eigenvalue weighted by Gasteiger charge is 2.54. The first-order chi connectivity index (χ1) is 6.15. The van der Waals surface area contributed by atoms with Crippen molar-refractivity contribution in [1.29, 1.82) is 0 Å². The summed E-state index contributed by atoms with van der Waals surface area (Å²) in [6.07, 6.45) is 0. The lowest BCUT2D eigenvalue weighted by atomic mass is 9.90. The van der Waals surface area contributed by atoms with Gasteiger partial charge in [-0.25, -0.2) is 0 Å². The Balaban J connectivity index is 2.05. The van der Waals surface area contributed by atoms with Crippen molar-refractivity contribution in [2.45, 2.75) is 23.6 Å². The molecule has 4 N–H and O–H groups in total. The Morgan fingerprint density at radius 3 is 3.08 bits per heavy atom. The molecule has 2 aliphatic heterocycles. The van der Waals surface area contributed by atoms with Gasteiger partial charge in [0.2, 0.25) is 5.91 Å². The van der Waals surface area contributed by atoms with Crippen LogP contribution in [0.1, 0.15) is 6.92 Å². The second-order valence-electron chi connectivity index (χ2n) is 3.75. The number of amides is 1. The van der Waals surface area contributed by atoms with Crippen molar-refractivity contribution >= 4 is 17.7 Å². The minimum Gasteiger partial charge on any atom is -0.329 e. The van der Waals surface area contributed by atoms with Crippen LogP contribution in [0.5, 0.6) is 0 Å². The topological polar surface area (TPSA) is 72.3 Å². The van der Waals surface area contributed by atoms with Crippen LogP contribution in [-0.2, 0) is 4.79 Å². The Labute approximate surface area is 82.0 Å². The fourth-order valence-corrected chi connectivity index (χ4v) is 3.55. The van der Waals surface area contributed by atoms with Gasteiger partial charge in [0.25, 0.3) is 0 Å². The number of carbonyl (C=O) groups is 1. The molecule has 0 radical (unpaired) electrons. The van der Waals surface area contributed by atoms with Gasteiger partial charge in [-0.3, -0.25) is 4.79 Å². The normalized spacial score (nSPS) is 40.1. The Kier molecular flexibility index (Phi) is 2.25. The van der Waals surface area contributed by atoms with Gasteiger partial charge in [0, 0.05) is 24.4 Å². The maximum absolute atomic E-state index is 11.6. The summed E-state index contributed by atoms with van der Waals surface area (Å²) in [7, 11) is 0. The van der Waals surface area contributed by atoms with Crippen LogP contribution >= 0.6 is 11.8 Å². The van der Waals surface area contributed by atoms with Crippen LogP contribution in [0.4, 0.5) is 0 Å². The second kappa shape index (κ2) is 3.15. The molecule has 0 aromatic rings. The first-order valence-electron chi connectivity index (χ1n) is 4.56. The molecule has 0 spiro atoms. The third-order valence-corrected chi connectivity index (χ3v) is 4.18. The molecule has 2 aliphatic rings. The van der Waals surface area contributed by atoms with E-state index in [9.17, 15) is 4.79 Å². The van der Waals surface area contributed by atoms with E-state index < -0.39 is 0 Å². The molecule has 0 aromatic carbocycles. The van der Waals surface area contributed by atoms with Gasteiger partial charge in [-0.1, -0.05) is 6.92 Å². The van der Waals surface area contributed by atoms with E-state index in [1.54, 1.807) is 0 Å². The number of hydrogen-bond donors (Lipinski definition) is 2. The average molecular weight is 201 g/mol. The number of β-lactam (4-membered cyclic amide) rings is 1. The van der Waals surface area contributed by atoms with E-state index in [0.717, 1.165) is 6.54 Å². The van der Waals surface area contributed by atoms with E-state index in [-0.39, 0.29) is 17.9 Å². The predicted octanol–water partition coefficient (Wildman–Crippen LogP) is -0.808. The van der Waals surface area contributed by atoms with Crippen LogP contribution in [-0.4, -0.2) is 40.6 Å². The lowest BCUT2D eigenvalue weighted by molar-refractivity contribution is -0.150. The number of nitrogens with two attached hydrogens (primary N) is 2. The summed E-state index contributed by atoms with van der Waals surface area (Å²) in [4.78, 5) is 13.5. The van der Waals surface area contributed by atoms with Crippen LogP contribution in [0.15, 0.2) is 0 Å². The Morgan fingerprint density at radius 2 is 2.46 bits per heavy atom. The zero-order valence-corrected chi connectivity index (χ0v) is 8.46. The van der Waals surface area contributed by atoms with Crippen LogP contribution in [0.25, 0.3) is 0 Å². The summed E-state index contributed by atoms with van der Waals surface area (Å²) in [5.74, 6) is 0.166. The molecule has 2 saturated heterocycles. The van der Waals surface area contributed by atoms with Crippen molar-refractivity contribution < 1.29 is 4.79 Å². The van der Waals surface area contributed by atoms with Gasteiger partial charge in [0.1, 0.15) is 0 Å². The minimum absolute atomic E-state index is 0.0278. The molecule has 0 aliphatic carbocycles. The molecule has 74 valence electrons. The zero-order valence-electron chi connectivity index (χ0n) is 7.64. The van der Waals surface area contributed by atoms with Gasteiger partial charge in [-0.15, -0.1) is 11.8 Å². The number of thioether (sulfide) groups is 1. The van der Waals surface area contributed by atoms with Gasteiger partial charge in [-0.2, -0.15) is 0 Å². The molecular weight excluding hydrogens is 186 g/mol. The summed E-state index contributed by atoms with van der Waals surface area (Å²) >= 11 is 1.84. The van der Waals surface area contributed by atoms with Crippen LogP contribution in [0, 0.1) is 5.92 Å². The highest BCUT2D eigenvalue weighted by molar-refractivity contribution is 8.00. The number of nitrogens with zero attached hydrogens (tertiary/aromatic N) is 1. The third kappa shape index (κ3) is 1.26.